The van der Waals surface area contributed by atoms with Crippen molar-refractivity contribution in [3.05, 3.63) is 35.4 Å². The van der Waals surface area contributed by atoms with Crippen molar-refractivity contribution in [2.75, 3.05) is 0 Å². The highest BCUT2D eigenvalue weighted by Gasteiger charge is 2.16. The summed E-state index contributed by atoms with van der Waals surface area (Å²) in [6.07, 6.45) is 2.29. The monoisotopic (exact) mass is 205 g/mol. The molecule has 1 nitrogen and oxygen atoms in total. The molecule has 0 amide bonds. The van der Waals surface area contributed by atoms with Crippen LogP contribution in [0.1, 0.15) is 23.6 Å². The van der Waals surface area contributed by atoms with Crippen LogP contribution in [0, 0.1) is 0 Å². The molecule has 0 spiro atoms. The molecule has 1 aliphatic carbocycles. The molecule has 0 aromatic heterocycles. The van der Waals surface area contributed by atoms with Crippen molar-refractivity contribution in [3.63, 3.8) is 0 Å². The Morgan fingerprint density at radius 2 is 1.83 bits per heavy atom. The van der Waals surface area contributed by atoms with E-state index in [0.717, 1.165) is 12.8 Å². The van der Waals surface area contributed by atoms with Gasteiger partial charge in [0.2, 0.25) is 0 Å². The molecular formula is C9H13Cl2N. The topological polar surface area (TPSA) is 26.0 Å². The molecule has 0 saturated carbocycles. The number of fused-ring (bicyclic) bond motifs is 1. The van der Waals surface area contributed by atoms with E-state index in [-0.39, 0.29) is 24.8 Å². The number of rotatable bonds is 0. The van der Waals surface area contributed by atoms with Gasteiger partial charge in [-0.3, -0.25) is 0 Å². The molecule has 68 valence electrons. The first-order valence-corrected chi connectivity index (χ1v) is 3.71. The van der Waals surface area contributed by atoms with Crippen LogP contribution in [0.5, 0.6) is 0 Å². The fourth-order valence-electron chi connectivity index (χ4n) is 1.59. The van der Waals surface area contributed by atoms with Crippen LogP contribution in [0.3, 0.4) is 0 Å². The third-order valence-corrected chi connectivity index (χ3v) is 2.18. The number of aryl methyl sites for hydroxylation is 1. The van der Waals surface area contributed by atoms with Crippen LogP contribution in [0.2, 0.25) is 0 Å². The zero-order valence-electron chi connectivity index (χ0n) is 6.69. The zero-order chi connectivity index (χ0) is 6.97. The molecule has 12 heavy (non-hydrogen) atoms. The molecule has 1 atom stereocenters. The van der Waals surface area contributed by atoms with E-state index in [1.165, 1.54) is 11.1 Å². The Morgan fingerprint density at radius 1 is 1.17 bits per heavy atom. The Kier molecular flexibility index (Phi) is 4.61. The third kappa shape index (κ3) is 1.92. The Morgan fingerprint density at radius 3 is 2.50 bits per heavy atom. The maximum absolute atomic E-state index is 5.85. The summed E-state index contributed by atoms with van der Waals surface area (Å²) in [5.74, 6) is 0. The van der Waals surface area contributed by atoms with E-state index in [9.17, 15) is 0 Å². The minimum absolute atomic E-state index is 0. The van der Waals surface area contributed by atoms with Crippen molar-refractivity contribution < 1.29 is 0 Å². The van der Waals surface area contributed by atoms with Crippen LogP contribution in [-0.4, -0.2) is 0 Å². The number of hydrogen-bond acceptors (Lipinski definition) is 1. The minimum Gasteiger partial charge on any atom is -0.324 e. The Balaban J connectivity index is 0.000000605. The van der Waals surface area contributed by atoms with E-state index in [4.69, 9.17) is 5.73 Å². The van der Waals surface area contributed by atoms with Crippen LogP contribution in [0.4, 0.5) is 0 Å². The fourth-order valence-corrected chi connectivity index (χ4v) is 1.59. The third-order valence-electron chi connectivity index (χ3n) is 2.18. The summed E-state index contributed by atoms with van der Waals surface area (Å²) < 4.78 is 0. The Labute approximate surface area is 85.2 Å². The lowest BCUT2D eigenvalue weighted by Gasteiger charge is -2.01. The molecule has 0 aliphatic heterocycles. The number of nitrogens with two attached hydrogens (primary N) is 1. The highest BCUT2D eigenvalue weighted by atomic mass is 35.5. The predicted octanol–water partition coefficient (Wildman–Crippen LogP) is 2.48. The molecule has 0 fully saturated rings. The standard InChI is InChI=1S/C9H11N.2ClH/c10-9-6-5-7-3-1-2-4-8(7)9;;/h1-4,9H,5-6,10H2;2*1H. The molecule has 0 bridgehead atoms. The minimum atomic E-state index is 0. The zero-order valence-corrected chi connectivity index (χ0v) is 8.33. The van der Waals surface area contributed by atoms with E-state index < -0.39 is 0 Å². The average molecular weight is 206 g/mol. The van der Waals surface area contributed by atoms with Gasteiger partial charge in [-0.25, -0.2) is 0 Å². The SMILES string of the molecule is Cl.Cl.NC1CCc2ccccc21. The van der Waals surface area contributed by atoms with Gasteiger partial charge in [0.15, 0.2) is 0 Å². The van der Waals surface area contributed by atoms with E-state index in [2.05, 4.69) is 24.3 Å². The lowest BCUT2D eigenvalue weighted by atomic mass is 10.1. The molecule has 2 N–H and O–H groups in total. The highest BCUT2D eigenvalue weighted by Crippen LogP contribution is 2.28. The van der Waals surface area contributed by atoms with Crippen molar-refractivity contribution in [3.8, 4) is 0 Å². The number of halogens is 2. The van der Waals surface area contributed by atoms with Crippen LogP contribution < -0.4 is 5.73 Å². The van der Waals surface area contributed by atoms with Gasteiger partial charge in [0.1, 0.15) is 0 Å². The summed E-state index contributed by atoms with van der Waals surface area (Å²) in [5.41, 5.74) is 8.64. The number of benzene rings is 1. The molecule has 1 aromatic rings. The van der Waals surface area contributed by atoms with Crippen molar-refractivity contribution in [2.24, 2.45) is 5.73 Å². The summed E-state index contributed by atoms with van der Waals surface area (Å²) in [7, 11) is 0. The normalized spacial score (nSPS) is 18.9. The van der Waals surface area contributed by atoms with Gasteiger partial charge in [-0.1, -0.05) is 24.3 Å². The van der Waals surface area contributed by atoms with Crippen molar-refractivity contribution in [1.82, 2.24) is 0 Å². The second-order valence-electron chi connectivity index (χ2n) is 2.84. The summed E-state index contributed by atoms with van der Waals surface area (Å²) in [5, 5.41) is 0. The first kappa shape index (κ1) is 11.8. The van der Waals surface area contributed by atoms with E-state index >= 15 is 0 Å². The van der Waals surface area contributed by atoms with Gasteiger partial charge in [0, 0.05) is 6.04 Å². The molecule has 1 aromatic carbocycles. The van der Waals surface area contributed by atoms with Crippen LogP contribution in [0.15, 0.2) is 24.3 Å². The van der Waals surface area contributed by atoms with Gasteiger partial charge in [0.25, 0.3) is 0 Å². The second kappa shape index (κ2) is 4.70. The first-order valence-electron chi connectivity index (χ1n) is 3.71. The largest absolute Gasteiger partial charge is 0.324 e. The molecule has 0 heterocycles. The Bertz CT molecular complexity index is 250. The van der Waals surface area contributed by atoms with Crippen molar-refractivity contribution in [1.29, 1.82) is 0 Å². The molecule has 0 radical (unpaired) electrons. The maximum Gasteiger partial charge on any atom is 0.0300 e. The summed E-state index contributed by atoms with van der Waals surface area (Å²) in [6.45, 7) is 0. The summed E-state index contributed by atoms with van der Waals surface area (Å²) in [6, 6.07) is 8.74. The van der Waals surface area contributed by atoms with Gasteiger partial charge in [-0.2, -0.15) is 0 Å². The van der Waals surface area contributed by atoms with Crippen molar-refractivity contribution >= 4 is 24.8 Å². The number of hydrogen-bond donors (Lipinski definition) is 1. The van der Waals surface area contributed by atoms with Crippen LogP contribution in [0.25, 0.3) is 0 Å². The van der Waals surface area contributed by atoms with Crippen LogP contribution >= 0.6 is 24.8 Å². The lowest BCUT2D eigenvalue weighted by Crippen LogP contribution is -2.04. The van der Waals surface area contributed by atoms with Gasteiger partial charge in [-0.05, 0) is 24.0 Å². The van der Waals surface area contributed by atoms with Crippen molar-refractivity contribution in [2.45, 2.75) is 18.9 Å². The smallest absolute Gasteiger partial charge is 0.0300 e. The lowest BCUT2D eigenvalue weighted by molar-refractivity contribution is 0.713. The second-order valence-corrected chi connectivity index (χ2v) is 2.84. The van der Waals surface area contributed by atoms with Crippen LogP contribution in [-0.2, 0) is 6.42 Å². The van der Waals surface area contributed by atoms with Gasteiger partial charge < -0.3 is 5.73 Å². The molecule has 0 saturated heterocycles. The molecule has 3 heteroatoms. The van der Waals surface area contributed by atoms with Gasteiger partial charge >= 0.3 is 0 Å². The predicted molar refractivity (Wildman–Crippen MR) is 56.2 cm³/mol. The van der Waals surface area contributed by atoms with E-state index in [1.807, 2.05) is 0 Å². The summed E-state index contributed by atoms with van der Waals surface area (Å²) >= 11 is 0. The van der Waals surface area contributed by atoms with Gasteiger partial charge in [-0.15, -0.1) is 24.8 Å². The highest BCUT2D eigenvalue weighted by molar-refractivity contribution is 5.85. The summed E-state index contributed by atoms with van der Waals surface area (Å²) in [4.78, 5) is 0. The van der Waals surface area contributed by atoms with Gasteiger partial charge in [0.05, 0.1) is 0 Å². The quantitative estimate of drug-likeness (QED) is 0.693. The molecule has 1 unspecified atom stereocenters. The molecular weight excluding hydrogens is 193 g/mol. The first-order chi connectivity index (χ1) is 4.88. The van der Waals surface area contributed by atoms with E-state index in [1.54, 1.807) is 0 Å². The van der Waals surface area contributed by atoms with E-state index in [0.29, 0.717) is 6.04 Å². The molecule has 1 aliphatic rings. The maximum atomic E-state index is 5.85. The average Bonchev–Trinajstić information content (AvgIpc) is 2.34. The molecule has 2 rings (SSSR count). The Hall–Kier alpha value is -0.240. The fraction of sp³-hybridized carbons (Fsp3) is 0.333.